The third kappa shape index (κ3) is 6.26. The summed E-state index contributed by atoms with van der Waals surface area (Å²) in [7, 11) is 0. The second kappa shape index (κ2) is 10.7. The van der Waals surface area contributed by atoms with Gasteiger partial charge in [-0.05, 0) is 73.2 Å². The molecule has 2 aromatic carbocycles. The van der Waals surface area contributed by atoms with Crippen molar-refractivity contribution in [1.29, 1.82) is 0 Å². The average molecular weight is 484 g/mol. The van der Waals surface area contributed by atoms with Gasteiger partial charge in [0.2, 0.25) is 5.91 Å². The summed E-state index contributed by atoms with van der Waals surface area (Å²) >= 11 is 0. The van der Waals surface area contributed by atoms with Gasteiger partial charge in [0.05, 0.1) is 0 Å². The Morgan fingerprint density at radius 2 is 1.34 bits per heavy atom. The van der Waals surface area contributed by atoms with Crippen LogP contribution in [0.4, 0.5) is 17.6 Å². The van der Waals surface area contributed by atoms with Crippen LogP contribution in [0.2, 0.25) is 0 Å². The fraction of sp³-hybridized carbons (Fsp3) is 0.259. The minimum absolute atomic E-state index is 0.177. The van der Waals surface area contributed by atoms with Gasteiger partial charge < -0.3 is 10.2 Å². The Morgan fingerprint density at radius 3 is 1.83 bits per heavy atom. The zero-order valence-corrected chi connectivity index (χ0v) is 18.9. The van der Waals surface area contributed by atoms with E-state index in [1.54, 1.807) is 6.20 Å². The molecule has 182 valence electrons. The number of hydrogen-bond donors (Lipinski definition) is 1. The van der Waals surface area contributed by atoms with E-state index in [0.29, 0.717) is 11.1 Å². The molecule has 1 saturated carbocycles. The van der Waals surface area contributed by atoms with Crippen molar-refractivity contribution < 1.29 is 27.2 Å². The second-order valence-electron chi connectivity index (χ2n) is 8.69. The van der Waals surface area contributed by atoms with Crippen LogP contribution in [0.1, 0.15) is 36.8 Å². The molecule has 1 N–H and O–H groups in total. The molecule has 0 aromatic heterocycles. The van der Waals surface area contributed by atoms with Crippen LogP contribution in [-0.4, -0.2) is 35.7 Å². The van der Waals surface area contributed by atoms with Gasteiger partial charge >= 0.3 is 0 Å². The van der Waals surface area contributed by atoms with Gasteiger partial charge in [-0.2, -0.15) is 0 Å². The number of amides is 1. The van der Waals surface area contributed by atoms with Crippen molar-refractivity contribution in [1.82, 2.24) is 10.2 Å². The molecule has 2 aromatic rings. The van der Waals surface area contributed by atoms with E-state index in [0.717, 1.165) is 50.2 Å². The van der Waals surface area contributed by atoms with Crippen LogP contribution >= 0.6 is 0 Å². The van der Waals surface area contributed by atoms with E-state index in [1.165, 1.54) is 30.4 Å². The third-order valence-corrected chi connectivity index (χ3v) is 6.01. The van der Waals surface area contributed by atoms with Crippen LogP contribution in [0.5, 0.6) is 0 Å². The van der Waals surface area contributed by atoms with Crippen molar-refractivity contribution in [2.75, 3.05) is 13.1 Å². The largest absolute Gasteiger partial charge is 0.377 e. The van der Waals surface area contributed by atoms with Crippen LogP contribution in [0, 0.1) is 23.3 Å². The highest BCUT2D eigenvalue weighted by Crippen LogP contribution is 2.29. The number of ketones is 1. The molecule has 1 amide bonds. The maximum atomic E-state index is 13.7. The number of nitrogens with zero attached hydrogens (tertiary/aromatic N) is 1. The first-order chi connectivity index (χ1) is 16.8. The van der Waals surface area contributed by atoms with Gasteiger partial charge in [-0.15, -0.1) is 0 Å². The van der Waals surface area contributed by atoms with Crippen LogP contribution in [0.3, 0.4) is 0 Å². The molecular weight excluding hydrogens is 460 g/mol. The van der Waals surface area contributed by atoms with E-state index in [4.69, 9.17) is 0 Å². The van der Waals surface area contributed by atoms with Crippen LogP contribution in [0.25, 0.3) is 12.2 Å². The first kappa shape index (κ1) is 24.4. The van der Waals surface area contributed by atoms with Crippen LogP contribution in [-0.2, 0) is 9.59 Å². The highest BCUT2D eigenvalue weighted by Gasteiger charge is 2.29. The minimum atomic E-state index is -1.04. The normalized spacial score (nSPS) is 20.9. The van der Waals surface area contributed by atoms with Crippen LogP contribution < -0.4 is 5.32 Å². The van der Waals surface area contributed by atoms with Crippen molar-refractivity contribution in [2.45, 2.75) is 31.7 Å². The predicted octanol–water partition coefficient (Wildman–Crippen LogP) is 5.17. The number of rotatable bonds is 5. The number of Topliss-reactive ketones (excluding diaryl/α,β-unsaturated/α-hetero) is 1. The maximum Gasteiger partial charge on any atom is 0.245 e. The molecule has 4 rings (SSSR count). The number of halogens is 4. The van der Waals surface area contributed by atoms with Gasteiger partial charge in [0.1, 0.15) is 0 Å². The van der Waals surface area contributed by atoms with Gasteiger partial charge in [0.15, 0.2) is 29.1 Å². The number of carbonyl (C=O) groups excluding carboxylic acids is 2. The summed E-state index contributed by atoms with van der Waals surface area (Å²) < 4.78 is 54.0. The van der Waals surface area contributed by atoms with E-state index >= 15 is 0 Å². The molecule has 0 atom stereocenters. The first-order valence-corrected chi connectivity index (χ1v) is 11.4. The third-order valence-electron chi connectivity index (χ3n) is 6.01. The Morgan fingerprint density at radius 1 is 0.829 bits per heavy atom. The predicted molar refractivity (Wildman–Crippen MR) is 125 cm³/mol. The Hall–Kier alpha value is -3.68. The number of carbonyl (C=O) groups is 2. The minimum Gasteiger partial charge on any atom is -0.377 e. The number of likely N-dealkylation sites (tertiary alicyclic amines) is 1. The zero-order valence-electron chi connectivity index (χ0n) is 18.9. The fourth-order valence-corrected chi connectivity index (χ4v) is 4.27. The van der Waals surface area contributed by atoms with E-state index in [9.17, 15) is 27.2 Å². The lowest BCUT2D eigenvalue weighted by atomic mass is 9.83. The quantitative estimate of drug-likeness (QED) is 0.471. The molecule has 1 saturated heterocycles. The van der Waals surface area contributed by atoms with E-state index in [1.807, 2.05) is 4.90 Å². The van der Waals surface area contributed by atoms with Crippen molar-refractivity contribution in [2.24, 2.45) is 0 Å². The highest BCUT2D eigenvalue weighted by atomic mass is 19.2. The SMILES string of the molecule is O=C(C=CN1CCCC1)NC1C/C(=C\c2ccc(F)c(F)c2)C(=O)/C(=C/c2ccc(F)c(F)c2)C1. The second-order valence-corrected chi connectivity index (χ2v) is 8.69. The number of benzene rings is 2. The molecule has 2 fully saturated rings. The number of hydrogen-bond acceptors (Lipinski definition) is 3. The van der Waals surface area contributed by atoms with Gasteiger partial charge in [-0.3, -0.25) is 9.59 Å². The Labute approximate surface area is 200 Å². The van der Waals surface area contributed by atoms with E-state index in [2.05, 4.69) is 5.32 Å². The first-order valence-electron chi connectivity index (χ1n) is 11.4. The van der Waals surface area contributed by atoms with Crippen LogP contribution in [0.15, 0.2) is 59.8 Å². The molecule has 0 radical (unpaired) electrons. The molecule has 1 heterocycles. The van der Waals surface area contributed by atoms with Crippen molar-refractivity contribution in [3.8, 4) is 0 Å². The molecule has 0 bridgehead atoms. The molecular formula is C27H24F4N2O2. The Bertz CT molecular complexity index is 1160. The summed E-state index contributed by atoms with van der Waals surface area (Å²) in [5.41, 5.74) is 1.15. The van der Waals surface area contributed by atoms with E-state index < -0.39 is 29.3 Å². The molecule has 1 aliphatic heterocycles. The molecule has 8 heteroatoms. The lowest BCUT2D eigenvalue weighted by molar-refractivity contribution is -0.118. The molecule has 0 spiro atoms. The topological polar surface area (TPSA) is 49.4 Å². The molecule has 35 heavy (non-hydrogen) atoms. The Kier molecular flexibility index (Phi) is 7.48. The lowest BCUT2D eigenvalue weighted by Crippen LogP contribution is -2.38. The zero-order chi connectivity index (χ0) is 24.9. The highest BCUT2D eigenvalue weighted by molar-refractivity contribution is 6.14. The van der Waals surface area contributed by atoms with Gasteiger partial charge in [-0.25, -0.2) is 17.6 Å². The van der Waals surface area contributed by atoms with Gasteiger partial charge in [0.25, 0.3) is 0 Å². The molecule has 0 unspecified atom stereocenters. The summed E-state index contributed by atoms with van der Waals surface area (Å²) in [6.07, 6.45) is 8.59. The smallest absolute Gasteiger partial charge is 0.245 e. The molecule has 4 nitrogen and oxygen atoms in total. The lowest BCUT2D eigenvalue weighted by Gasteiger charge is -2.26. The van der Waals surface area contributed by atoms with Crippen molar-refractivity contribution in [3.05, 3.63) is 94.2 Å². The maximum absolute atomic E-state index is 13.7. The molecule has 1 aliphatic carbocycles. The fourth-order valence-electron chi connectivity index (χ4n) is 4.27. The summed E-state index contributed by atoms with van der Waals surface area (Å²) in [4.78, 5) is 27.7. The molecule has 2 aliphatic rings. The average Bonchev–Trinajstić information content (AvgIpc) is 3.34. The summed E-state index contributed by atoms with van der Waals surface area (Å²) in [6, 6.07) is 6.13. The number of nitrogens with one attached hydrogen (secondary N) is 1. The standard InChI is InChI=1S/C27H24F4N2O2/c28-22-5-3-17(13-24(22)30)11-19-15-21(32-26(34)7-10-33-8-1-2-9-33)16-20(27(19)35)12-18-4-6-23(29)25(31)14-18/h3-7,10-14,21H,1-2,8-9,15-16H2,(H,32,34)/b10-7?,19-11+,20-12+. The monoisotopic (exact) mass is 484 g/mol. The summed E-state index contributed by atoms with van der Waals surface area (Å²) in [5, 5.41) is 2.88. The van der Waals surface area contributed by atoms with Crippen molar-refractivity contribution in [3.63, 3.8) is 0 Å². The van der Waals surface area contributed by atoms with Crippen molar-refractivity contribution >= 4 is 23.8 Å². The Balaban J connectivity index is 1.61. The van der Waals surface area contributed by atoms with E-state index in [-0.39, 0.29) is 35.7 Å². The summed E-state index contributed by atoms with van der Waals surface area (Å²) in [6.45, 7) is 1.79. The summed E-state index contributed by atoms with van der Waals surface area (Å²) in [5.74, 6) is -4.78. The van der Waals surface area contributed by atoms with Gasteiger partial charge in [-0.1, -0.05) is 12.1 Å². The van der Waals surface area contributed by atoms with Gasteiger partial charge in [0, 0.05) is 42.6 Å².